The van der Waals surface area contributed by atoms with Gasteiger partial charge in [0.25, 0.3) is 0 Å². The molecule has 0 aliphatic rings. The van der Waals surface area contributed by atoms with Crippen LogP contribution in [-0.2, 0) is 4.79 Å². The van der Waals surface area contributed by atoms with Crippen LogP contribution in [0.2, 0.25) is 0 Å². The third-order valence-electron chi connectivity index (χ3n) is 1.41. The van der Waals surface area contributed by atoms with Crippen molar-refractivity contribution in [2.45, 2.75) is 12.8 Å². The van der Waals surface area contributed by atoms with E-state index in [1.54, 1.807) is 13.1 Å². The molecule has 1 aromatic heterocycles. The summed E-state index contributed by atoms with van der Waals surface area (Å²) in [6.45, 7) is 1.73. The number of aromatic amines is 1. The van der Waals surface area contributed by atoms with E-state index in [1.165, 1.54) is 6.33 Å². The lowest BCUT2D eigenvalue weighted by Gasteiger charge is -2.01. The number of carbonyl (C=O) groups is 1. The van der Waals surface area contributed by atoms with Gasteiger partial charge in [-0.15, -0.1) is 0 Å². The zero-order chi connectivity index (χ0) is 7.56. The van der Waals surface area contributed by atoms with E-state index in [2.05, 4.69) is 9.97 Å². The molecular formula is C6H9N3O. The summed E-state index contributed by atoms with van der Waals surface area (Å²) in [5.74, 6) is -0.619. The van der Waals surface area contributed by atoms with Gasteiger partial charge in [-0.05, 0) is 6.92 Å². The standard InChI is InChI=1S/C6H9N3O/c1-4(6(7)10)5-2-8-3-9-5/h2-4H,1H3,(H2,7,10)(H,8,9). The van der Waals surface area contributed by atoms with E-state index in [-0.39, 0.29) is 11.8 Å². The van der Waals surface area contributed by atoms with Gasteiger partial charge in [0.1, 0.15) is 0 Å². The number of nitrogens with zero attached hydrogens (tertiary/aromatic N) is 1. The predicted molar refractivity (Wildman–Crippen MR) is 36.2 cm³/mol. The number of rotatable bonds is 2. The van der Waals surface area contributed by atoms with E-state index in [4.69, 9.17) is 5.73 Å². The molecule has 1 atom stereocenters. The summed E-state index contributed by atoms with van der Waals surface area (Å²) in [6, 6.07) is 0. The van der Waals surface area contributed by atoms with Crippen molar-refractivity contribution in [3.8, 4) is 0 Å². The number of imidazole rings is 1. The first kappa shape index (κ1) is 6.80. The topological polar surface area (TPSA) is 71.8 Å². The van der Waals surface area contributed by atoms with E-state index in [1.807, 2.05) is 0 Å². The number of aromatic nitrogens is 2. The first-order chi connectivity index (χ1) is 4.72. The molecule has 3 N–H and O–H groups in total. The van der Waals surface area contributed by atoms with Gasteiger partial charge in [-0.25, -0.2) is 4.98 Å². The summed E-state index contributed by atoms with van der Waals surface area (Å²) in [4.78, 5) is 17.1. The molecule has 54 valence electrons. The number of nitrogens with one attached hydrogen (secondary N) is 1. The van der Waals surface area contributed by atoms with Gasteiger partial charge in [0.15, 0.2) is 0 Å². The number of amides is 1. The van der Waals surface area contributed by atoms with Crippen LogP contribution in [-0.4, -0.2) is 15.9 Å². The molecule has 0 aliphatic heterocycles. The third kappa shape index (κ3) is 1.15. The summed E-state index contributed by atoms with van der Waals surface area (Å²) in [7, 11) is 0. The van der Waals surface area contributed by atoms with Crippen molar-refractivity contribution in [2.24, 2.45) is 5.73 Å². The van der Waals surface area contributed by atoms with Crippen molar-refractivity contribution in [3.05, 3.63) is 18.2 Å². The van der Waals surface area contributed by atoms with Gasteiger partial charge in [0, 0.05) is 11.9 Å². The lowest BCUT2D eigenvalue weighted by atomic mass is 10.1. The van der Waals surface area contributed by atoms with E-state index in [9.17, 15) is 4.79 Å². The zero-order valence-corrected chi connectivity index (χ0v) is 5.66. The smallest absolute Gasteiger partial charge is 0.226 e. The maximum absolute atomic E-state index is 10.6. The fourth-order valence-corrected chi connectivity index (χ4v) is 0.657. The van der Waals surface area contributed by atoms with E-state index in [0.29, 0.717) is 0 Å². The average Bonchev–Trinajstić information content (AvgIpc) is 2.36. The van der Waals surface area contributed by atoms with Crippen LogP contribution in [0.1, 0.15) is 18.5 Å². The molecule has 0 spiro atoms. The van der Waals surface area contributed by atoms with Gasteiger partial charge >= 0.3 is 0 Å². The number of hydrogen-bond acceptors (Lipinski definition) is 2. The number of primary amides is 1. The molecule has 10 heavy (non-hydrogen) atoms. The lowest BCUT2D eigenvalue weighted by Crippen LogP contribution is -2.18. The molecule has 0 bridgehead atoms. The first-order valence-electron chi connectivity index (χ1n) is 2.99. The Morgan fingerprint density at radius 3 is 3.00 bits per heavy atom. The number of nitrogens with two attached hydrogens (primary N) is 1. The van der Waals surface area contributed by atoms with Crippen molar-refractivity contribution < 1.29 is 4.79 Å². The van der Waals surface area contributed by atoms with Crippen LogP contribution in [0.3, 0.4) is 0 Å². The highest BCUT2D eigenvalue weighted by Crippen LogP contribution is 2.08. The highest BCUT2D eigenvalue weighted by Gasteiger charge is 2.11. The molecule has 0 fully saturated rings. The van der Waals surface area contributed by atoms with Crippen LogP contribution in [0.15, 0.2) is 12.5 Å². The minimum atomic E-state index is -0.343. The maximum Gasteiger partial charge on any atom is 0.226 e. The number of carbonyl (C=O) groups excluding carboxylic acids is 1. The molecule has 0 aromatic carbocycles. The average molecular weight is 139 g/mol. The Kier molecular flexibility index (Phi) is 1.71. The van der Waals surface area contributed by atoms with Gasteiger partial charge < -0.3 is 10.7 Å². The van der Waals surface area contributed by atoms with Crippen molar-refractivity contribution in [1.29, 1.82) is 0 Å². The molecule has 1 amide bonds. The van der Waals surface area contributed by atoms with Crippen molar-refractivity contribution >= 4 is 5.91 Å². The maximum atomic E-state index is 10.6. The molecule has 0 radical (unpaired) electrons. The van der Waals surface area contributed by atoms with Crippen LogP contribution in [0.5, 0.6) is 0 Å². The fraction of sp³-hybridized carbons (Fsp3) is 0.333. The highest BCUT2D eigenvalue weighted by atomic mass is 16.1. The fourth-order valence-electron chi connectivity index (χ4n) is 0.657. The zero-order valence-electron chi connectivity index (χ0n) is 5.66. The normalized spacial score (nSPS) is 12.9. The van der Waals surface area contributed by atoms with E-state index >= 15 is 0 Å². The molecule has 1 heterocycles. The van der Waals surface area contributed by atoms with Crippen molar-refractivity contribution in [3.63, 3.8) is 0 Å². The van der Waals surface area contributed by atoms with Crippen LogP contribution < -0.4 is 5.73 Å². The van der Waals surface area contributed by atoms with E-state index < -0.39 is 0 Å². The summed E-state index contributed by atoms with van der Waals surface area (Å²) in [5, 5.41) is 0. The highest BCUT2D eigenvalue weighted by molar-refractivity contribution is 5.80. The summed E-state index contributed by atoms with van der Waals surface area (Å²) < 4.78 is 0. The SMILES string of the molecule is CC(C(N)=O)c1cnc[nH]1. The van der Waals surface area contributed by atoms with Gasteiger partial charge in [-0.3, -0.25) is 4.79 Å². The first-order valence-corrected chi connectivity index (χ1v) is 2.99. The van der Waals surface area contributed by atoms with Crippen LogP contribution in [0.4, 0.5) is 0 Å². The Morgan fingerprint density at radius 2 is 2.60 bits per heavy atom. The molecule has 0 saturated heterocycles. The molecular weight excluding hydrogens is 130 g/mol. The molecule has 0 saturated carbocycles. The second-order valence-corrected chi connectivity index (χ2v) is 2.13. The monoisotopic (exact) mass is 139 g/mol. The third-order valence-corrected chi connectivity index (χ3v) is 1.41. The largest absolute Gasteiger partial charge is 0.369 e. The summed E-state index contributed by atoms with van der Waals surface area (Å²) in [6.07, 6.45) is 3.12. The summed E-state index contributed by atoms with van der Waals surface area (Å²) in [5.41, 5.74) is 5.80. The van der Waals surface area contributed by atoms with Gasteiger partial charge in [-0.2, -0.15) is 0 Å². The Labute approximate surface area is 58.5 Å². The second-order valence-electron chi connectivity index (χ2n) is 2.13. The van der Waals surface area contributed by atoms with Crippen molar-refractivity contribution in [1.82, 2.24) is 9.97 Å². The van der Waals surface area contributed by atoms with Crippen LogP contribution in [0.25, 0.3) is 0 Å². The lowest BCUT2D eigenvalue weighted by molar-refractivity contribution is -0.119. The minimum absolute atomic E-state index is 0.275. The van der Waals surface area contributed by atoms with Crippen LogP contribution in [0, 0.1) is 0 Å². The molecule has 1 unspecified atom stereocenters. The molecule has 1 aromatic rings. The quantitative estimate of drug-likeness (QED) is 0.605. The number of hydrogen-bond donors (Lipinski definition) is 2. The Balaban J connectivity index is 2.77. The van der Waals surface area contributed by atoms with Gasteiger partial charge in [0.2, 0.25) is 5.91 Å². The molecule has 0 aliphatic carbocycles. The van der Waals surface area contributed by atoms with Crippen LogP contribution >= 0.6 is 0 Å². The number of H-pyrrole nitrogens is 1. The van der Waals surface area contributed by atoms with Crippen molar-refractivity contribution in [2.75, 3.05) is 0 Å². The van der Waals surface area contributed by atoms with Gasteiger partial charge in [-0.1, -0.05) is 0 Å². The predicted octanol–water partition coefficient (Wildman–Crippen LogP) is -0.00150. The van der Waals surface area contributed by atoms with Gasteiger partial charge in [0.05, 0.1) is 12.2 Å². The minimum Gasteiger partial charge on any atom is -0.369 e. The Hall–Kier alpha value is -1.32. The molecule has 4 heteroatoms. The summed E-state index contributed by atoms with van der Waals surface area (Å²) >= 11 is 0. The molecule has 1 rings (SSSR count). The Bertz CT molecular complexity index is 217. The Morgan fingerprint density at radius 1 is 1.90 bits per heavy atom. The second kappa shape index (κ2) is 2.51. The van der Waals surface area contributed by atoms with E-state index in [0.717, 1.165) is 5.69 Å². The molecule has 4 nitrogen and oxygen atoms in total.